The monoisotopic (exact) mass is 290 g/mol. The van der Waals surface area contributed by atoms with E-state index in [-0.39, 0.29) is 12.0 Å². The van der Waals surface area contributed by atoms with Crippen LogP contribution < -0.4 is 10.8 Å². The van der Waals surface area contributed by atoms with Crippen molar-refractivity contribution in [3.63, 3.8) is 0 Å². The largest absolute Gasteiger partial charge is 0.360 e. The third-order valence-corrected chi connectivity index (χ3v) is 3.16. The minimum absolute atomic E-state index is 0.00459. The number of nitrogens with one attached hydrogen (secondary N) is 2. The van der Waals surface area contributed by atoms with E-state index in [0.29, 0.717) is 0 Å². The van der Waals surface area contributed by atoms with Crippen molar-refractivity contribution < 1.29 is 10.0 Å². The summed E-state index contributed by atoms with van der Waals surface area (Å²) in [5.74, 6) is 0.312. The Morgan fingerprint density at radius 1 is 1.43 bits per heavy atom. The van der Waals surface area contributed by atoms with E-state index >= 15 is 0 Å². The average Bonchev–Trinajstić information content (AvgIpc) is 2.73. The maximum absolute atomic E-state index is 11.3. The molecule has 1 amide bonds. The summed E-state index contributed by atoms with van der Waals surface area (Å²) < 4.78 is 1.95. The summed E-state index contributed by atoms with van der Waals surface area (Å²) in [5.41, 5.74) is 4.58. The minimum atomic E-state index is -0.487. The quantitative estimate of drug-likeness (QED) is 0.595. The van der Waals surface area contributed by atoms with E-state index in [1.165, 1.54) is 0 Å². The number of fused-ring (bicyclic) bond motifs is 1. The number of hydrogen-bond acceptors (Lipinski definition) is 4. The third kappa shape index (κ3) is 3.52. The molecule has 0 unspecified atom stereocenters. The van der Waals surface area contributed by atoms with Gasteiger partial charge in [-0.25, -0.2) is 10.5 Å². The van der Waals surface area contributed by atoms with Gasteiger partial charge in [-0.2, -0.15) is 0 Å². The topological polar surface area (TPSA) is 78.7 Å². The number of imidazole rings is 1. The molecule has 0 saturated carbocycles. The van der Waals surface area contributed by atoms with Crippen LogP contribution in [0.1, 0.15) is 32.0 Å². The number of hydroxylamine groups is 1. The number of nitrogens with zero attached hydrogens (tertiary/aromatic N) is 2. The number of aryl methyl sites for hydroxylation is 1. The summed E-state index contributed by atoms with van der Waals surface area (Å²) in [6.45, 7) is 8.44. The zero-order chi connectivity index (χ0) is 15.6. The van der Waals surface area contributed by atoms with Crippen LogP contribution in [0.4, 0.5) is 5.82 Å². The van der Waals surface area contributed by atoms with Gasteiger partial charge in [0.2, 0.25) is 0 Å². The van der Waals surface area contributed by atoms with E-state index in [0.717, 1.165) is 29.1 Å². The Morgan fingerprint density at radius 3 is 2.76 bits per heavy atom. The van der Waals surface area contributed by atoms with Crippen molar-refractivity contribution in [1.82, 2.24) is 14.9 Å². The van der Waals surface area contributed by atoms with Gasteiger partial charge in [-0.05, 0) is 30.4 Å². The molecule has 2 aromatic rings. The molecule has 0 spiro atoms. The van der Waals surface area contributed by atoms with Crippen molar-refractivity contribution in [2.45, 2.75) is 34.1 Å². The Bertz CT molecular complexity index is 655. The molecule has 0 aliphatic carbocycles. The van der Waals surface area contributed by atoms with E-state index in [1.807, 2.05) is 29.7 Å². The zero-order valence-electron chi connectivity index (χ0n) is 12.9. The Labute approximate surface area is 124 Å². The summed E-state index contributed by atoms with van der Waals surface area (Å²) in [6.07, 6.45) is 2.71. The molecule has 0 aliphatic rings. The fourth-order valence-corrected chi connectivity index (χ4v) is 2.27. The molecule has 0 fully saturated rings. The van der Waals surface area contributed by atoms with Gasteiger partial charge < -0.3 is 5.32 Å². The lowest BCUT2D eigenvalue weighted by atomic mass is 9.90. The van der Waals surface area contributed by atoms with Crippen molar-refractivity contribution >= 4 is 17.4 Å². The first-order valence-corrected chi connectivity index (χ1v) is 6.95. The van der Waals surface area contributed by atoms with Crippen LogP contribution in [-0.2, 0) is 11.2 Å². The maximum Gasteiger partial charge on any atom is 0.262 e. The summed E-state index contributed by atoms with van der Waals surface area (Å²) in [5, 5.41) is 11.7. The van der Waals surface area contributed by atoms with Crippen LogP contribution in [0.25, 0.3) is 5.65 Å². The number of aromatic nitrogens is 2. The predicted octanol–water partition coefficient (Wildman–Crippen LogP) is 2.15. The number of anilines is 1. The normalized spacial score (nSPS) is 11.7. The number of pyridine rings is 1. The molecule has 0 aromatic carbocycles. The summed E-state index contributed by atoms with van der Waals surface area (Å²) in [6, 6.07) is 3.95. The SMILES string of the molecule is Cc1cccn2c(NCC(=O)NO)c(CC(C)(C)C)nc12. The highest BCUT2D eigenvalue weighted by Gasteiger charge is 2.20. The van der Waals surface area contributed by atoms with Gasteiger partial charge in [0.15, 0.2) is 0 Å². The predicted molar refractivity (Wildman–Crippen MR) is 81.5 cm³/mol. The van der Waals surface area contributed by atoms with Gasteiger partial charge in [0.1, 0.15) is 11.5 Å². The Balaban J connectivity index is 2.44. The van der Waals surface area contributed by atoms with Crippen molar-refractivity contribution in [3.05, 3.63) is 29.6 Å². The summed E-state index contributed by atoms with van der Waals surface area (Å²) in [7, 11) is 0. The molecule has 0 bridgehead atoms. The molecule has 2 rings (SSSR count). The molecule has 6 heteroatoms. The molecule has 2 aromatic heterocycles. The number of carbonyl (C=O) groups is 1. The van der Waals surface area contributed by atoms with Crippen LogP contribution in [-0.4, -0.2) is 27.0 Å². The standard InChI is InChI=1S/C15H22N4O2/c1-10-6-5-7-19-13(10)17-11(8-15(2,3)4)14(19)16-9-12(20)18-21/h5-7,16,21H,8-9H2,1-4H3,(H,18,20). The number of carbonyl (C=O) groups excluding carboxylic acids is 1. The van der Waals surface area contributed by atoms with E-state index in [1.54, 1.807) is 5.48 Å². The van der Waals surface area contributed by atoms with Gasteiger partial charge in [0, 0.05) is 6.20 Å². The lowest BCUT2D eigenvalue weighted by molar-refractivity contribution is -0.127. The van der Waals surface area contributed by atoms with E-state index in [9.17, 15) is 4.79 Å². The molecule has 6 nitrogen and oxygen atoms in total. The molecule has 0 atom stereocenters. The van der Waals surface area contributed by atoms with Crippen molar-refractivity contribution in [2.75, 3.05) is 11.9 Å². The summed E-state index contributed by atoms with van der Waals surface area (Å²) in [4.78, 5) is 16.0. The first kappa shape index (κ1) is 15.3. The first-order chi connectivity index (χ1) is 9.81. The minimum Gasteiger partial charge on any atom is -0.360 e. The van der Waals surface area contributed by atoms with Gasteiger partial charge in [0.25, 0.3) is 5.91 Å². The van der Waals surface area contributed by atoms with Crippen LogP contribution >= 0.6 is 0 Å². The fourth-order valence-electron chi connectivity index (χ4n) is 2.27. The Kier molecular flexibility index (Phi) is 4.18. The molecule has 0 saturated heterocycles. The number of hydrogen-bond donors (Lipinski definition) is 3. The maximum atomic E-state index is 11.3. The number of rotatable bonds is 4. The van der Waals surface area contributed by atoms with Crippen LogP contribution in [0.15, 0.2) is 18.3 Å². The summed E-state index contributed by atoms with van der Waals surface area (Å²) >= 11 is 0. The van der Waals surface area contributed by atoms with Crippen LogP contribution in [0.3, 0.4) is 0 Å². The molecule has 3 N–H and O–H groups in total. The highest BCUT2D eigenvalue weighted by Crippen LogP contribution is 2.27. The van der Waals surface area contributed by atoms with Gasteiger partial charge in [-0.3, -0.25) is 14.4 Å². The van der Waals surface area contributed by atoms with E-state index in [2.05, 4.69) is 26.1 Å². The molecule has 114 valence electrons. The van der Waals surface area contributed by atoms with E-state index < -0.39 is 5.91 Å². The second-order valence-corrected chi connectivity index (χ2v) is 6.42. The molecule has 21 heavy (non-hydrogen) atoms. The van der Waals surface area contributed by atoms with Crippen molar-refractivity contribution in [3.8, 4) is 0 Å². The second kappa shape index (κ2) is 5.73. The lowest BCUT2D eigenvalue weighted by Gasteiger charge is -2.17. The van der Waals surface area contributed by atoms with Gasteiger partial charge in [-0.1, -0.05) is 26.8 Å². The lowest BCUT2D eigenvalue weighted by Crippen LogP contribution is -2.27. The Hall–Kier alpha value is -2.08. The van der Waals surface area contributed by atoms with Crippen LogP contribution in [0, 0.1) is 12.3 Å². The Morgan fingerprint density at radius 2 is 2.14 bits per heavy atom. The first-order valence-electron chi connectivity index (χ1n) is 6.95. The van der Waals surface area contributed by atoms with Crippen molar-refractivity contribution in [2.24, 2.45) is 5.41 Å². The average molecular weight is 290 g/mol. The van der Waals surface area contributed by atoms with E-state index in [4.69, 9.17) is 10.2 Å². The zero-order valence-corrected chi connectivity index (χ0v) is 12.9. The molecular weight excluding hydrogens is 268 g/mol. The van der Waals surface area contributed by atoms with Gasteiger partial charge >= 0.3 is 0 Å². The highest BCUT2D eigenvalue weighted by atomic mass is 16.5. The second-order valence-electron chi connectivity index (χ2n) is 6.42. The smallest absolute Gasteiger partial charge is 0.262 e. The molecule has 2 heterocycles. The van der Waals surface area contributed by atoms with Gasteiger partial charge in [-0.15, -0.1) is 0 Å². The third-order valence-electron chi connectivity index (χ3n) is 3.16. The van der Waals surface area contributed by atoms with Gasteiger partial charge in [0.05, 0.1) is 12.2 Å². The molecular formula is C15H22N4O2. The van der Waals surface area contributed by atoms with Crippen LogP contribution in [0.5, 0.6) is 0 Å². The van der Waals surface area contributed by atoms with Crippen LogP contribution in [0.2, 0.25) is 0 Å². The molecule has 0 radical (unpaired) electrons. The highest BCUT2D eigenvalue weighted by molar-refractivity contribution is 5.79. The fraction of sp³-hybridized carbons (Fsp3) is 0.467. The van der Waals surface area contributed by atoms with Crippen molar-refractivity contribution in [1.29, 1.82) is 0 Å². The molecule has 0 aliphatic heterocycles. The number of amides is 1.